The number of halogens is 1. The average Bonchev–Trinajstić information content (AvgIpc) is 2.91. The van der Waals surface area contributed by atoms with E-state index in [9.17, 15) is 4.79 Å². The lowest BCUT2D eigenvalue weighted by atomic mass is 10.3. The highest BCUT2D eigenvalue weighted by atomic mass is 79.9. The maximum absolute atomic E-state index is 11.4. The van der Waals surface area contributed by atoms with Crippen LogP contribution in [0.25, 0.3) is 0 Å². The van der Waals surface area contributed by atoms with Gasteiger partial charge in [-0.2, -0.15) is 5.10 Å². The number of amides is 1. The van der Waals surface area contributed by atoms with Crippen LogP contribution in [0.5, 0.6) is 5.75 Å². The number of ether oxygens (including phenoxy) is 1. The van der Waals surface area contributed by atoms with Gasteiger partial charge in [0.25, 0.3) is 5.91 Å². The summed E-state index contributed by atoms with van der Waals surface area (Å²) in [5.74, 6) is 0.841. The SMILES string of the molecule is O=C(COc1ccc(Br)cc1)N/N=C\c1ccco1. The van der Waals surface area contributed by atoms with Crippen LogP contribution < -0.4 is 10.2 Å². The van der Waals surface area contributed by atoms with Gasteiger partial charge in [-0.15, -0.1) is 0 Å². The molecule has 0 atom stereocenters. The molecule has 1 amide bonds. The Labute approximate surface area is 118 Å². The quantitative estimate of drug-likeness (QED) is 0.679. The summed E-state index contributed by atoms with van der Waals surface area (Å²) < 4.78 is 11.3. The number of nitrogens with one attached hydrogen (secondary N) is 1. The number of nitrogens with zero attached hydrogens (tertiary/aromatic N) is 1. The predicted octanol–water partition coefficient (Wildman–Crippen LogP) is 2.57. The Morgan fingerprint density at radius 3 is 2.84 bits per heavy atom. The van der Waals surface area contributed by atoms with Gasteiger partial charge in [0.05, 0.1) is 12.5 Å². The van der Waals surface area contributed by atoms with Crippen LogP contribution in [-0.4, -0.2) is 18.7 Å². The Kier molecular flexibility index (Phi) is 4.74. The molecule has 1 N–H and O–H groups in total. The molecule has 1 heterocycles. The first-order chi connectivity index (χ1) is 9.24. The fourth-order valence-corrected chi connectivity index (χ4v) is 1.51. The van der Waals surface area contributed by atoms with Crippen molar-refractivity contribution in [3.8, 4) is 5.75 Å². The zero-order valence-corrected chi connectivity index (χ0v) is 11.5. The summed E-state index contributed by atoms with van der Waals surface area (Å²) in [7, 11) is 0. The van der Waals surface area contributed by atoms with E-state index in [1.165, 1.54) is 12.5 Å². The minimum atomic E-state index is -0.342. The van der Waals surface area contributed by atoms with Gasteiger partial charge in [0, 0.05) is 4.47 Å². The molecular weight excluding hydrogens is 312 g/mol. The highest BCUT2D eigenvalue weighted by molar-refractivity contribution is 9.10. The van der Waals surface area contributed by atoms with Gasteiger partial charge in [-0.05, 0) is 36.4 Å². The highest BCUT2D eigenvalue weighted by Crippen LogP contribution is 2.15. The monoisotopic (exact) mass is 322 g/mol. The molecule has 5 nitrogen and oxygen atoms in total. The normalized spacial score (nSPS) is 10.6. The van der Waals surface area contributed by atoms with Gasteiger partial charge in [0.2, 0.25) is 0 Å². The third kappa shape index (κ3) is 4.59. The summed E-state index contributed by atoms with van der Waals surface area (Å²) in [6, 6.07) is 10.7. The van der Waals surface area contributed by atoms with E-state index in [0.29, 0.717) is 11.5 Å². The van der Waals surface area contributed by atoms with Crippen LogP contribution in [0.3, 0.4) is 0 Å². The second kappa shape index (κ2) is 6.75. The molecule has 0 aliphatic carbocycles. The second-order valence-corrected chi connectivity index (χ2v) is 4.47. The number of carbonyl (C=O) groups excluding carboxylic acids is 1. The summed E-state index contributed by atoms with van der Waals surface area (Å²) in [5, 5.41) is 3.73. The molecule has 2 rings (SSSR count). The van der Waals surface area contributed by atoms with E-state index < -0.39 is 0 Å². The van der Waals surface area contributed by atoms with Crippen molar-refractivity contribution in [1.82, 2.24) is 5.43 Å². The standard InChI is InChI=1S/C13H11BrN2O3/c14-10-3-5-11(6-4-10)19-9-13(17)16-15-8-12-2-1-7-18-12/h1-8H,9H2,(H,16,17)/b15-8-. The van der Waals surface area contributed by atoms with Gasteiger partial charge in [-0.1, -0.05) is 15.9 Å². The molecule has 1 aromatic carbocycles. The van der Waals surface area contributed by atoms with Crippen LogP contribution in [0, 0.1) is 0 Å². The minimum absolute atomic E-state index is 0.100. The molecular formula is C13H11BrN2O3. The lowest BCUT2D eigenvalue weighted by Crippen LogP contribution is -2.24. The molecule has 0 spiro atoms. The van der Waals surface area contributed by atoms with Crippen molar-refractivity contribution in [3.63, 3.8) is 0 Å². The topological polar surface area (TPSA) is 63.8 Å². The number of hydrazone groups is 1. The van der Waals surface area contributed by atoms with Crippen LogP contribution in [-0.2, 0) is 4.79 Å². The molecule has 0 radical (unpaired) electrons. The predicted molar refractivity (Wildman–Crippen MR) is 74.1 cm³/mol. The van der Waals surface area contributed by atoms with E-state index in [1.807, 2.05) is 12.1 Å². The van der Waals surface area contributed by atoms with E-state index in [2.05, 4.69) is 26.5 Å². The highest BCUT2D eigenvalue weighted by Gasteiger charge is 2.01. The van der Waals surface area contributed by atoms with Crippen molar-refractivity contribution in [2.75, 3.05) is 6.61 Å². The van der Waals surface area contributed by atoms with Crippen LogP contribution >= 0.6 is 15.9 Å². The number of hydrogen-bond donors (Lipinski definition) is 1. The van der Waals surface area contributed by atoms with Crippen LogP contribution in [0.1, 0.15) is 5.76 Å². The van der Waals surface area contributed by atoms with Gasteiger partial charge in [0.15, 0.2) is 6.61 Å². The summed E-state index contributed by atoms with van der Waals surface area (Å²) >= 11 is 3.32. The Morgan fingerprint density at radius 2 is 2.16 bits per heavy atom. The van der Waals surface area contributed by atoms with Gasteiger partial charge in [0.1, 0.15) is 11.5 Å². The maximum Gasteiger partial charge on any atom is 0.277 e. The molecule has 0 bridgehead atoms. The van der Waals surface area contributed by atoms with Crippen molar-refractivity contribution in [3.05, 3.63) is 52.9 Å². The largest absolute Gasteiger partial charge is 0.484 e. The first kappa shape index (κ1) is 13.4. The zero-order chi connectivity index (χ0) is 13.5. The Hall–Kier alpha value is -2.08. The Bertz CT molecular complexity index is 550. The third-order valence-corrected chi connectivity index (χ3v) is 2.64. The van der Waals surface area contributed by atoms with Gasteiger partial charge in [-0.3, -0.25) is 4.79 Å². The van der Waals surface area contributed by atoms with Crippen molar-refractivity contribution >= 4 is 28.1 Å². The third-order valence-electron chi connectivity index (χ3n) is 2.11. The first-order valence-corrected chi connectivity index (χ1v) is 6.27. The summed E-state index contributed by atoms with van der Waals surface area (Å²) in [6.45, 7) is -0.100. The molecule has 0 aliphatic rings. The fourth-order valence-electron chi connectivity index (χ4n) is 1.24. The van der Waals surface area contributed by atoms with Gasteiger partial charge < -0.3 is 9.15 Å². The Morgan fingerprint density at radius 1 is 1.37 bits per heavy atom. The second-order valence-electron chi connectivity index (χ2n) is 3.55. The Balaban J connectivity index is 1.74. The smallest absolute Gasteiger partial charge is 0.277 e. The molecule has 0 unspecified atom stereocenters. The summed E-state index contributed by atoms with van der Waals surface area (Å²) in [4.78, 5) is 11.4. The van der Waals surface area contributed by atoms with E-state index in [1.54, 1.807) is 24.3 Å². The van der Waals surface area contributed by atoms with Crippen molar-refractivity contribution in [1.29, 1.82) is 0 Å². The minimum Gasteiger partial charge on any atom is -0.484 e. The van der Waals surface area contributed by atoms with E-state index in [0.717, 1.165) is 4.47 Å². The zero-order valence-electron chi connectivity index (χ0n) is 9.88. The molecule has 19 heavy (non-hydrogen) atoms. The lowest BCUT2D eigenvalue weighted by molar-refractivity contribution is -0.123. The van der Waals surface area contributed by atoms with Crippen LogP contribution in [0.15, 0.2) is 56.7 Å². The molecule has 1 aromatic heterocycles. The van der Waals surface area contributed by atoms with Gasteiger partial charge >= 0.3 is 0 Å². The van der Waals surface area contributed by atoms with Crippen LogP contribution in [0.4, 0.5) is 0 Å². The molecule has 98 valence electrons. The number of benzene rings is 1. The molecule has 0 fully saturated rings. The number of carbonyl (C=O) groups is 1. The van der Waals surface area contributed by atoms with E-state index >= 15 is 0 Å². The molecule has 2 aromatic rings. The first-order valence-electron chi connectivity index (χ1n) is 5.48. The number of hydrogen-bond acceptors (Lipinski definition) is 4. The maximum atomic E-state index is 11.4. The summed E-state index contributed by atoms with van der Waals surface area (Å²) in [5.41, 5.74) is 2.34. The lowest BCUT2D eigenvalue weighted by Gasteiger charge is -2.04. The van der Waals surface area contributed by atoms with E-state index in [4.69, 9.17) is 9.15 Å². The molecule has 0 aliphatic heterocycles. The van der Waals surface area contributed by atoms with Crippen molar-refractivity contribution in [2.24, 2.45) is 5.10 Å². The fraction of sp³-hybridized carbons (Fsp3) is 0.0769. The van der Waals surface area contributed by atoms with Crippen molar-refractivity contribution in [2.45, 2.75) is 0 Å². The molecule has 0 saturated carbocycles. The molecule has 6 heteroatoms. The number of furan rings is 1. The molecule has 0 saturated heterocycles. The van der Waals surface area contributed by atoms with Crippen LogP contribution in [0.2, 0.25) is 0 Å². The van der Waals surface area contributed by atoms with E-state index in [-0.39, 0.29) is 12.5 Å². The van der Waals surface area contributed by atoms with Gasteiger partial charge in [-0.25, -0.2) is 5.43 Å². The summed E-state index contributed by atoms with van der Waals surface area (Å²) in [6.07, 6.45) is 2.94. The van der Waals surface area contributed by atoms with Crippen molar-refractivity contribution < 1.29 is 13.9 Å². The number of rotatable bonds is 5. The average molecular weight is 323 g/mol.